The van der Waals surface area contributed by atoms with Gasteiger partial charge in [0.15, 0.2) is 0 Å². The van der Waals surface area contributed by atoms with E-state index in [1.54, 1.807) is 0 Å². The second-order valence-electron chi connectivity index (χ2n) is 6.45. The van der Waals surface area contributed by atoms with Gasteiger partial charge in [0.2, 0.25) is 0 Å². The zero-order valence-corrected chi connectivity index (χ0v) is 12.7. The minimum atomic E-state index is 0.412. The van der Waals surface area contributed by atoms with Gasteiger partial charge in [0.1, 0.15) is 6.23 Å². The highest BCUT2D eigenvalue weighted by atomic mass is 16.6. The van der Waals surface area contributed by atoms with Crippen LogP contribution in [0.15, 0.2) is 0 Å². The molecule has 19 heavy (non-hydrogen) atoms. The highest BCUT2D eigenvalue weighted by Crippen LogP contribution is 2.49. The summed E-state index contributed by atoms with van der Waals surface area (Å²) in [5.41, 5.74) is 0. The molecule has 3 heteroatoms. The highest BCUT2D eigenvalue weighted by molar-refractivity contribution is 5.00. The monoisotopic (exact) mass is 267 g/mol. The number of ether oxygens (including phenoxy) is 2. The molecule has 3 rings (SSSR count). The van der Waals surface area contributed by atoms with Crippen LogP contribution in [0.4, 0.5) is 0 Å². The summed E-state index contributed by atoms with van der Waals surface area (Å²) in [5.74, 6) is 1.65. The van der Waals surface area contributed by atoms with Crippen molar-refractivity contribution >= 4 is 0 Å². The molecule has 2 saturated heterocycles. The van der Waals surface area contributed by atoms with Crippen LogP contribution < -0.4 is 0 Å². The molecular weight excluding hydrogens is 238 g/mol. The van der Waals surface area contributed by atoms with E-state index in [0.717, 1.165) is 24.9 Å². The first-order valence-corrected chi connectivity index (χ1v) is 8.33. The predicted octanol–water partition coefficient (Wildman–Crippen LogP) is 3.04. The molecule has 3 aliphatic rings. The SMILES string of the molecule is CCCC1C(CC2OC2N(CC)CC)CCC2OC21. The molecule has 0 amide bonds. The van der Waals surface area contributed by atoms with E-state index in [1.807, 2.05) is 0 Å². The van der Waals surface area contributed by atoms with Crippen LogP contribution in [0, 0.1) is 11.8 Å². The molecule has 0 aromatic rings. The third-order valence-corrected chi connectivity index (χ3v) is 5.36. The van der Waals surface area contributed by atoms with Crippen LogP contribution in [0.1, 0.15) is 52.9 Å². The molecule has 2 aliphatic heterocycles. The number of fused-ring (bicyclic) bond motifs is 1. The van der Waals surface area contributed by atoms with Gasteiger partial charge in [-0.05, 0) is 50.6 Å². The van der Waals surface area contributed by atoms with Gasteiger partial charge in [-0.3, -0.25) is 4.90 Å². The fourth-order valence-corrected chi connectivity index (χ4v) is 4.16. The lowest BCUT2D eigenvalue weighted by atomic mass is 9.75. The number of hydrogen-bond donors (Lipinski definition) is 0. The number of nitrogens with zero attached hydrogens (tertiary/aromatic N) is 1. The Morgan fingerprint density at radius 2 is 1.84 bits per heavy atom. The first-order valence-electron chi connectivity index (χ1n) is 8.33. The van der Waals surface area contributed by atoms with Crippen molar-refractivity contribution in [1.29, 1.82) is 0 Å². The molecule has 3 nitrogen and oxygen atoms in total. The average molecular weight is 267 g/mol. The van der Waals surface area contributed by atoms with Crippen LogP contribution >= 0.6 is 0 Å². The summed E-state index contributed by atoms with van der Waals surface area (Å²) in [6.45, 7) is 8.97. The molecule has 3 fully saturated rings. The van der Waals surface area contributed by atoms with E-state index in [9.17, 15) is 0 Å². The Bertz CT molecular complexity index is 305. The lowest BCUT2D eigenvalue weighted by molar-refractivity contribution is 0.185. The summed E-state index contributed by atoms with van der Waals surface area (Å²) in [4.78, 5) is 2.44. The van der Waals surface area contributed by atoms with Crippen LogP contribution in [-0.2, 0) is 9.47 Å². The third-order valence-electron chi connectivity index (χ3n) is 5.36. The van der Waals surface area contributed by atoms with Gasteiger partial charge in [0.25, 0.3) is 0 Å². The van der Waals surface area contributed by atoms with E-state index >= 15 is 0 Å². The summed E-state index contributed by atoms with van der Waals surface area (Å²) in [6, 6.07) is 0. The number of epoxide rings is 2. The number of likely N-dealkylation sites (N-methyl/N-ethyl adjacent to an activating group) is 1. The molecule has 6 atom stereocenters. The van der Waals surface area contributed by atoms with Gasteiger partial charge >= 0.3 is 0 Å². The first-order chi connectivity index (χ1) is 9.28. The summed E-state index contributed by atoms with van der Waals surface area (Å²) >= 11 is 0. The van der Waals surface area contributed by atoms with Gasteiger partial charge in [0.05, 0.1) is 18.3 Å². The molecule has 1 aliphatic carbocycles. The van der Waals surface area contributed by atoms with Crippen molar-refractivity contribution in [3.8, 4) is 0 Å². The van der Waals surface area contributed by atoms with Crippen molar-refractivity contribution < 1.29 is 9.47 Å². The van der Waals surface area contributed by atoms with Crippen molar-refractivity contribution in [1.82, 2.24) is 4.90 Å². The maximum atomic E-state index is 5.92. The first kappa shape index (κ1) is 13.8. The van der Waals surface area contributed by atoms with Gasteiger partial charge in [-0.2, -0.15) is 0 Å². The zero-order valence-electron chi connectivity index (χ0n) is 12.7. The van der Waals surface area contributed by atoms with E-state index in [2.05, 4.69) is 25.7 Å². The molecule has 0 radical (unpaired) electrons. The van der Waals surface area contributed by atoms with Crippen molar-refractivity contribution in [3.63, 3.8) is 0 Å². The third kappa shape index (κ3) is 2.84. The molecule has 2 heterocycles. The second kappa shape index (κ2) is 5.71. The Balaban J connectivity index is 1.52. The van der Waals surface area contributed by atoms with E-state index in [-0.39, 0.29) is 0 Å². The quantitative estimate of drug-likeness (QED) is 0.664. The standard InChI is InChI=1S/C16H29NO2/c1-4-7-12-11(8-9-13-15(12)18-13)10-14-16(19-14)17(5-2)6-3/h11-16H,4-10H2,1-3H3. The highest BCUT2D eigenvalue weighted by Gasteiger charge is 2.53. The predicted molar refractivity (Wildman–Crippen MR) is 76.0 cm³/mol. The maximum Gasteiger partial charge on any atom is 0.137 e. The van der Waals surface area contributed by atoms with Crippen LogP contribution in [0.3, 0.4) is 0 Å². The minimum Gasteiger partial charge on any atom is -0.369 e. The van der Waals surface area contributed by atoms with Crippen LogP contribution in [-0.4, -0.2) is 42.5 Å². The normalized spacial score (nSPS) is 44.2. The Morgan fingerprint density at radius 1 is 1.05 bits per heavy atom. The fourth-order valence-electron chi connectivity index (χ4n) is 4.16. The smallest absolute Gasteiger partial charge is 0.137 e. The molecule has 0 aromatic heterocycles. The van der Waals surface area contributed by atoms with Crippen molar-refractivity contribution in [2.24, 2.45) is 11.8 Å². The minimum absolute atomic E-state index is 0.412. The summed E-state index contributed by atoms with van der Waals surface area (Å²) in [5, 5.41) is 0. The molecule has 0 bridgehead atoms. The van der Waals surface area contributed by atoms with Gasteiger partial charge in [-0.1, -0.05) is 27.2 Å². The van der Waals surface area contributed by atoms with E-state index < -0.39 is 0 Å². The molecule has 6 unspecified atom stereocenters. The molecular formula is C16H29NO2. The fraction of sp³-hybridized carbons (Fsp3) is 1.00. The Kier molecular flexibility index (Phi) is 4.16. The molecule has 110 valence electrons. The molecule has 1 saturated carbocycles. The summed E-state index contributed by atoms with van der Waals surface area (Å²) in [7, 11) is 0. The maximum absolute atomic E-state index is 5.92. The van der Waals surface area contributed by atoms with Crippen LogP contribution in [0.5, 0.6) is 0 Å². The van der Waals surface area contributed by atoms with E-state index in [4.69, 9.17) is 9.47 Å². The Labute approximate surface area is 117 Å². The van der Waals surface area contributed by atoms with Crippen molar-refractivity contribution in [2.45, 2.75) is 77.4 Å². The Morgan fingerprint density at radius 3 is 2.53 bits per heavy atom. The van der Waals surface area contributed by atoms with Crippen molar-refractivity contribution in [2.75, 3.05) is 13.1 Å². The average Bonchev–Trinajstić information content (AvgIpc) is 3.30. The number of rotatable bonds is 7. The molecule has 0 aromatic carbocycles. The van der Waals surface area contributed by atoms with E-state index in [1.165, 1.54) is 32.1 Å². The molecule has 0 spiro atoms. The van der Waals surface area contributed by atoms with Crippen LogP contribution in [0.25, 0.3) is 0 Å². The summed E-state index contributed by atoms with van der Waals surface area (Å²) < 4.78 is 11.8. The number of hydrogen-bond acceptors (Lipinski definition) is 3. The van der Waals surface area contributed by atoms with Crippen molar-refractivity contribution in [3.05, 3.63) is 0 Å². The zero-order chi connectivity index (χ0) is 13.4. The largest absolute Gasteiger partial charge is 0.369 e. The lowest BCUT2D eigenvalue weighted by Gasteiger charge is -2.28. The lowest BCUT2D eigenvalue weighted by Crippen LogP contribution is -2.31. The van der Waals surface area contributed by atoms with Gasteiger partial charge in [0, 0.05) is 0 Å². The van der Waals surface area contributed by atoms with Gasteiger partial charge in [-0.25, -0.2) is 0 Å². The summed E-state index contributed by atoms with van der Waals surface area (Å²) in [6.07, 6.45) is 8.67. The van der Waals surface area contributed by atoms with Gasteiger partial charge in [-0.15, -0.1) is 0 Å². The van der Waals surface area contributed by atoms with Crippen LogP contribution in [0.2, 0.25) is 0 Å². The topological polar surface area (TPSA) is 28.3 Å². The Hall–Kier alpha value is -0.120. The molecule has 0 N–H and O–H groups in total. The van der Waals surface area contributed by atoms with E-state index in [0.29, 0.717) is 24.5 Å². The second-order valence-corrected chi connectivity index (χ2v) is 6.45. The van der Waals surface area contributed by atoms with Gasteiger partial charge < -0.3 is 9.47 Å².